The monoisotopic (exact) mass is 293 g/mol. The lowest BCUT2D eigenvalue weighted by molar-refractivity contribution is -0.140. The number of methoxy groups -OCH3 is 1. The zero-order valence-electron chi connectivity index (χ0n) is 11.9. The second-order valence-electron chi connectivity index (χ2n) is 4.93. The Bertz CT molecular complexity index is 517. The molecular weight excluding hydrogens is 274 g/mol. The largest absolute Gasteiger partial charge is 0.493 e. The lowest BCUT2D eigenvalue weighted by Gasteiger charge is -2.25. The molecule has 1 aromatic carbocycles. The van der Waals surface area contributed by atoms with E-state index >= 15 is 0 Å². The molecule has 1 aliphatic rings. The second-order valence-corrected chi connectivity index (χ2v) is 4.93. The fraction of sp³-hybridized carbons (Fsp3) is 0.467. The van der Waals surface area contributed by atoms with E-state index in [-0.39, 0.29) is 24.8 Å². The van der Waals surface area contributed by atoms with Crippen molar-refractivity contribution in [3.63, 3.8) is 0 Å². The zero-order chi connectivity index (χ0) is 15.2. The van der Waals surface area contributed by atoms with Crippen LogP contribution >= 0.6 is 0 Å². The molecule has 114 valence electrons. The van der Waals surface area contributed by atoms with Gasteiger partial charge in [-0.3, -0.25) is 9.59 Å². The van der Waals surface area contributed by atoms with Crippen LogP contribution in [0.4, 0.5) is 0 Å². The van der Waals surface area contributed by atoms with Gasteiger partial charge in [-0.2, -0.15) is 0 Å². The molecule has 1 heterocycles. The molecule has 2 unspecified atom stereocenters. The minimum atomic E-state index is -0.951. The maximum Gasteiger partial charge on any atom is 0.306 e. The van der Waals surface area contributed by atoms with Crippen molar-refractivity contribution in [2.24, 2.45) is 0 Å². The summed E-state index contributed by atoms with van der Waals surface area (Å²) in [6.07, 6.45) is -0.0536. The number of carbonyl (C=O) groups excluding carboxylic acids is 1. The van der Waals surface area contributed by atoms with Crippen molar-refractivity contribution in [1.82, 2.24) is 5.32 Å². The first kappa shape index (κ1) is 15.3. The fourth-order valence-corrected chi connectivity index (χ4v) is 2.39. The Kier molecular flexibility index (Phi) is 5.16. The number of hydrogen-bond donors (Lipinski definition) is 2. The number of amides is 1. The lowest BCUT2D eigenvalue weighted by atomic mass is 9.92. The molecule has 21 heavy (non-hydrogen) atoms. The van der Waals surface area contributed by atoms with Crippen LogP contribution < -0.4 is 10.1 Å². The average molecular weight is 293 g/mol. The Morgan fingerprint density at radius 2 is 2.24 bits per heavy atom. The van der Waals surface area contributed by atoms with Crippen LogP contribution in [0, 0.1) is 0 Å². The highest BCUT2D eigenvalue weighted by molar-refractivity contribution is 5.84. The van der Waals surface area contributed by atoms with E-state index in [2.05, 4.69) is 5.32 Å². The number of hydrogen-bond acceptors (Lipinski definition) is 4. The van der Waals surface area contributed by atoms with Crippen molar-refractivity contribution >= 4 is 11.9 Å². The number of ether oxygens (including phenoxy) is 2. The van der Waals surface area contributed by atoms with Gasteiger partial charge < -0.3 is 19.9 Å². The number of aliphatic carboxylic acids is 1. The highest BCUT2D eigenvalue weighted by Crippen LogP contribution is 2.33. The SMILES string of the molecule is COC(CNC(=O)C1CCOc2ccccc21)CC(=O)O. The predicted molar refractivity (Wildman–Crippen MR) is 75.4 cm³/mol. The summed E-state index contributed by atoms with van der Waals surface area (Å²) in [6, 6.07) is 7.46. The van der Waals surface area contributed by atoms with Crippen LogP contribution in [-0.2, 0) is 14.3 Å². The molecule has 2 atom stereocenters. The Balaban J connectivity index is 1.97. The minimum absolute atomic E-state index is 0.127. The molecule has 0 fully saturated rings. The van der Waals surface area contributed by atoms with E-state index in [0.717, 1.165) is 11.3 Å². The van der Waals surface area contributed by atoms with Crippen molar-refractivity contribution in [3.05, 3.63) is 29.8 Å². The molecule has 0 aliphatic carbocycles. The molecule has 6 heteroatoms. The fourth-order valence-electron chi connectivity index (χ4n) is 2.39. The molecule has 0 saturated heterocycles. The molecule has 2 rings (SSSR count). The highest BCUT2D eigenvalue weighted by Gasteiger charge is 2.27. The van der Waals surface area contributed by atoms with Gasteiger partial charge in [-0.05, 0) is 12.5 Å². The van der Waals surface area contributed by atoms with Gasteiger partial charge in [0.25, 0.3) is 0 Å². The summed E-state index contributed by atoms with van der Waals surface area (Å²) in [7, 11) is 1.43. The Morgan fingerprint density at radius 1 is 1.48 bits per heavy atom. The van der Waals surface area contributed by atoms with Crippen LogP contribution in [0.5, 0.6) is 5.75 Å². The van der Waals surface area contributed by atoms with Gasteiger partial charge in [0, 0.05) is 19.2 Å². The van der Waals surface area contributed by atoms with E-state index < -0.39 is 12.1 Å². The Morgan fingerprint density at radius 3 is 2.95 bits per heavy atom. The molecule has 2 N–H and O–H groups in total. The number of para-hydroxylation sites is 1. The van der Waals surface area contributed by atoms with Crippen LogP contribution in [0.1, 0.15) is 24.3 Å². The number of carboxylic acid groups (broad SMARTS) is 1. The lowest BCUT2D eigenvalue weighted by Crippen LogP contribution is -2.38. The van der Waals surface area contributed by atoms with Gasteiger partial charge in [-0.15, -0.1) is 0 Å². The highest BCUT2D eigenvalue weighted by atomic mass is 16.5. The van der Waals surface area contributed by atoms with E-state index in [1.807, 2.05) is 24.3 Å². The molecule has 1 aromatic rings. The Labute approximate surface area is 123 Å². The molecule has 0 bridgehead atoms. The smallest absolute Gasteiger partial charge is 0.306 e. The van der Waals surface area contributed by atoms with Gasteiger partial charge in [0.05, 0.1) is 25.0 Å². The van der Waals surface area contributed by atoms with E-state index in [0.29, 0.717) is 13.0 Å². The van der Waals surface area contributed by atoms with E-state index in [1.54, 1.807) is 0 Å². The normalized spacial score (nSPS) is 18.2. The summed E-state index contributed by atoms with van der Waals surface area (Å²) in [4.78, 5) is 23.0. The van der Waals surface area contributed by atoms with E-state index in [1.165, 1.54) is 7.11 Å². The van der Waals surface area contributed by atoms with Crippen LogP contribution in [0.3, 0.4) is 0 Å². The summed E-state index contributed by atoms with van der Waals surface area (Å²) in [5.41, 5.74) is 0.869. The van der Waals surface area contributed by atoms with Crippen molar-refractivity contribution < 1.29 is 24.2 Å². The molecule has 1 amide bonds. The number of carbonyl (C=O) groups is 2. The predicted octanol–water partition coefficient (Wildman–Crippen LogP) is 1.16. The molecule has 0 radical (unpaired) electrons. The molecule has 0 saturated carbocycles. The molecule has 6 nitrogen and oxygen atoms in total. The number of fused-ring (bicyclic) bond motifs is 1. The topological polar surface area (TPSA) is 84.9 Å². The number of nitrogens with one attached hydrogen (secondary N) is 1. The third-order valence-corrected chi connectivity index (χ3v) is 3.51. The first-order valence-electron chi connectivity index (χ1n) is 6.86. The standard InChI is InChI=1S/C15H19NO5/c1-20-10(8-14(17)18)9-16-15(19)12-6-7-21-13-5-3-2-4-11(12)13/h2-5,10,12H,6-9H2,1H3,(H,16,19)(H,17,18). The number of carboxylic acids is 1. The van der Waals surface area contributed by atoms with Crippen LogP contribution in [0.25, 0.3) is 0 Å². The van der Waals surface area contributed by atoms with Crippen molar-refractivity contribution in [1.29, 1.82) is 0 Å². The van der Waals surface area contributed by atoms with Crippen LogP contribution in [0.15, 0.2) is 24.3 Å². The second kappa shape index (κ2) is 7.08. The maximum absolute atomic E-state index is 12.3. The first-order valence-corrected chi connectivity index (χ1v) is 6.86. The third-order valence-electron chi connectivity index (χ3n) is 3.51. The number of benzene rings is 1. The average Bonchev–Trinajstić information content (AvgIpc) is 2.50. The summed E-state index contributed by atoms with van der Waals surface area (Å²) in [6.45, 7) is 0.680. The van der Waals surface area contributed by atoms with Crippen LogP contribution in [-0.4, -0.2) is 43.3 Å². The Hall–Kier alpha value is -2.08. The van der Waals surface area contributed by atoms with Gasteiger partial charge in [-0.1, -0.05) is 18.2 Å². The van der Waals surface area contributed by atoms with Crippen LogP contribution in [0.2, 0.25) is 0 Å². The van der Waals surface area contributed by atoms with Gasteiger partial charge >= 0.3 is 5.97 Å². The molecular formula is C15H19NO5. The van der Waals surface area contributed by atoms with E-state index in [4.69, 9.17) is 14.6 Å². The van der Waals surface area contributed by atoms with Gasteiger partial charge in [-0.25, -0.2) is 0 Å². The molecule has 0 spiro atoms. The van der Waals surface area contributed by atoms with Crippen molar-refractivity contribution in [3.8, 4) is 5.75 Å². The van der Waals surface area contributed by atoms with Gasteiger partial charge in [0.2, 0.25) is 5.91 Å². The van der Waals surface area contributed by atoms with Gasteiger partial charge in [0.15, 0.2) is 0 Å². The van der Waals surface area contributed by atoms with Gasteiger partial charge in [0.1, 0.15) is 5.75 Å². The summed E-state index contributed by atoms with van der Waals surface area (Å²) in [5.74, 6) is -0.610. The first-order chi connectivity index (χ1) is 10.1. The third kappa shape index (κ3) is 3.95. The summed E-state index contributed by atoms with van der Waals surface area (Å²) < 4.78 is 10.6. The maximum atomic E-state index is 12.3. The van der Waals surface area contributed by atoms with E-state index in [9.17, 15) is 9.59 Å². The summed E-state index contributed by atoms with van der Waals surface area (Å²) in [5, 5.41) is 11.5. The van der Waals surface area contributed by atoms with Crippen molar-refractivity contribution in [2.45, 2.75) is 24.9 Å². The minimum Gasteiger partial charge on any atom is -0.493 e. The zero-order valence-corrected chi connectivity index (χ0v) is 11.9. The summed E-state index contributed by atoms with van der Waals surface area (Å²) >= 11 is 0. The quantitative estimate of drug-likeness (QED) is 0.822. The number of rotatable bonds is 6. The van der Waals surface area contributed by atoms with Crippen molar-refractivity contribution in [2.75, 3.05) is 20.3 Å². The molecule has 0 aromatic heterocycles. The molecule has 1 aliphatic heterocycles.